The lowest BCUT2D eigenvalue weighted by molar-refractivity contribution is -0.118. The maximum atomic E-state index is 12.7. The van der Waals surface area contributed by atoms with Gasteiger partial charge >= 0.3 is 5.63 Å². The van der Waals surface area contributed by atoms with Gasteiger partial charge in [-0.3, -0.25) is 9.69 Å². The van der Waals surface area contributed by atoms with E-state index in [9.17, 15) is 9.59 Å². The lowest BCUT2D eigenvalue weighted by atomic mass is 10.1. The summed E-state index contributed by atoms with van der Waals surface area (Å²) in [6, 6.07) is 18.6. The highest BCUT2D eigenvalue weighted by molar-refractivity contribution is 7.99. The molecule has 1 amide bonds. The van der Waals surface area contributed by atoms with Gasteiger partial charge in [-0.15, -0.1) is 11.8 Å². The van der Waals surface area contributed by atoms with E-state index < -0.39 is 5.63 Å². The molecule has 1 fully saturated rings. The van der Waals surface area contributed by atoms with Gasteiger partial charge in [-0.05, 0) is 17.7 Å². The molecular weight excluding hydrogens is 322 g/mol. The third kappa shape index (κ3) is 2.61. The van der Waals surface area contributed by atoms with E-state index in [0.717, 1.165) is 16.7 Å². The van der Waals surface area contributed by atoms with Gasteiger partial charge in [0.05, 0.1) is 5.69 Å². The van der Waals surface area contributed by atoms with Crippen molar-refractivity contribution in [2.45, 2.75) is 11.8 Å². The van der Waals surface area contributed by atoms with Crippen molar-refractivity contribution in [3.8, 4) is 0 Å². The summed E-state index contributed by atoms with van der Waals surface area (Å²) >= 11 is 1.71. The van der Waals surface area contributed by atoms with Gasteiger partial charge in [0, 0.05) is 23.6 Å². The molecule has 0 spiro atoms. The minimum Gasteiger partial charge on any atom is -0.423 e. The zero-order chi connectivity index (χ0) is 16.5. The average Bonchev–Trinajstić information content (AvgIpc) is 2.61. The van der Waals surface area contributed by atoms with E-state index in [1.54, 1.807) is 22.7 Å². The monoisotopic (exact) mass is 337 g/mol. The Balaban J connectivity index is 1.92. The Morgan fingerprint density at radius 3 is 2.58 bits per heavy atom. The van der Waals surface area contributed by atoms with Gasteiger partial charge in [-0.1, -0.05) is 42.5 Å². The molecule has 24 heavy (non-hydrogen) atoms. The van der Waals surface area contributed by atoms with E-state index >= 15 is 0 Å². The van der Waals surface area contributed by atoms with Gasteiger partial charge in [0.15, 0.2) is 0 Å². The van der Waals surface area contributed by atoms with Crippen molar-refractivity contribution in [3.05, 3.63) is 76.6 Å². The molecule has 4 rings (SSSR count). The van der Waals surface area contributed by atoms with Gasteiger partial charge in [-0.2, -0.15) is 0 Å². The minimum absolute atomic E-state index is 0.0263. The van der Waals surface area contributed by atoms with Crippen LogP contribution in [0.4, 0.5) is 5.69 Å². The first-order chi connectivity index (χ1) is 11.7. The molecule has 0 radical (unpaired) electrons. The van der Waals surface area contributed by atoms with Gasteiger partial charge in [0.1, 0.15) is 11.0 Å². The summed E-state index contributed by atoms with van der Waals surface area (Å²) in [4.78, 5) is 26.4. The fourth-order valence-electron chi connectivity index (χ4n) is 3.00. The van der Waals surface area contributed by atoms with E-state index in [2.05, 4.69) is 0 Å². The Labute approximate surface area is 143 Å². The highest BCUT2D eigenvalue weighted by Gasteiger charge is 2.32. The van der Waals surface area contributed by atoms with Crippen LogP contribution in [0, 0.1) is 0 Å². The fourth-order valence-corrected chi connectivity index (χ4v) is 4.25. The number of rotatable bonds is 2. The molecule has 5 heteroatoms. The van der Waals surface area contributed by atoms with Crippen molar-refractivity contribution in [1.29, 1.82) is 0 Å². The molecule has 0 N–H and O–H groups in total. The molecule has 1 atom stereocenters. The number of nitrogens with zero attached hydrogens (tertiary/aromatic N) is 1. The number of hydrogen-bond donors (Lipinski definition) is 0. The first-order valence-corrected chi connectivity index (χ1v) is 8.80. The van der Waals surface area contributed by atoms with Crippen LogP contribution in [0.5, 0.6) is 0 Å². The molecule has 1 aliphatic heterocycles. The number of benzene rings is 2. The zero-order valence-electron chi connectivity index (χ0n) is 12.8. The van der Waals surface area contributed by atoms with Gasteiger partial charge in [0.2, 0.25) is 5.91 Å². The van der Waals surface area contributed by atoms with Crippen LogP contribution >= 0.6 is 11.8 Å². The maximum absolute atomic E-state index is 12.7. The van der Waals surface area contributed by atoms with Gasteiger partial charge in [0.25, 0.3) is 0 Å². The van der Waals surface area contributed by atoms with Gasteiger partial charge < -0.3 is 4.42 Å². The van der Waals surface area contributed by atoms with Crippen LogP contribution in [0.25, 0.3) is 11.0 Å². The molecule has 0 saturated carbocycles. The molecule has 4 nitrogen and oxygen atoms in total. The summed E-state index contributed by atoms with van der Waals surface area (Å²) in [7, 11) is 0. The van der Waals surface area contributed by atoms with Crippen LogP contribution in [-0.2, 0) is 4.79 Å². The molecule has 1 aliphatic rings. The normalized spacial score (nSPS) is 18.1. The Morgan fingerprint density at radius 2 is 1.75 bits per heavy atom. The molecule has 1 aromatic heterocycles. The van der Waals surface area contributed by atoms with Crippen LogP contribution in [0.15, 0.2) is 69.9 Å². The van der Waals surface area contributed by atoms with E-state index in [1.807, 2.05) is 48.5 Å². The predicted molar refractivity (Wildman–Crippen MR) is 96.2 cm³/mol. The standard InChI is InChI=1S/C19H15NO3S/c21-17-10-11-24-19(13-6-2-1-3-7-13)20(17)15-12-18(22)23-16-9-5-4-8-14(15)16/h1-9,12,19H,10-11H2. The van der Waals surface area contributed by atoms with Crippen molar-refractivity contribution in [2.75, 3.05) is 10.7 Å². The van der Waals surface area contributed by atoms with Gasteiger partial charge in [-0.25, -0.2) is 4.79 Å². The number of fused-ring (bicyclic) bond motifs is 1. The molecular formula is C19H15NO3S. The lowest BCUT2D eigenvalue weighted by Crippen LogP contribution is -2.37. The van der Waals surface area contributed by atoms with Crippen LogP contribution in [0.3, 0.4) is 0 Å². The number of amides is 1. The van der Waals surface area contributed by atoms with Crippen molar-refractivity contribution < 1.29 is 9.21 Å². The van der Waals surface area contributed by atoms with Crippen LogP contribution < -0.4 is 10.5 Å². The van der Waals surface area contributed by atoms with Crippen molar-refractivity contribution in [3.63, 3.8) is 0 Å². The van der Waals surface area contributed by atoms with E-state index in [-0.39, 0.29) is 11.3 Å². The molecule has 0 bridgehead atoms. The highest BCUT2D eigenvalue weighted by atomic mass is 32.2. The molecule has 2 heterocycles. The second kappa shape index (κ2) is 6.17. The smallest absolute Gasteiger partial charge is 0.338 e. The lowest BCUT2D eigenvalue weighted by Gasteiger charge is -2.35. The highest BCUT2D eigenvalue weighted by Crippen LogP contribution is 2.42. The van der Waals surface area contributed by atoms with E-state index in [0.29, 0.717) is 17.7 Å². The first kappa shape index (κ1) is 15.0. The Kier molecular flexibility index (Phi) is 3.86. The topological polar surface area (TPSA) is 50.5 Å². The second-order valence-corrected chi connectivity index (χ2v) is 6.78. The summed E-state index contributed by atoms with van der Waals surface area (Å²) in [5.41, 5.74) is 1.72. The number of anilines is 1. The Morgan fingerprint density at radius 1 is 1.00 bits per heavy atom. The summed E-state index contributed by atoms with van der Waals surface area (Å²) in [6.45, 7) is 0. The van der Waals surface area contributed by atoms with Crippen molar-refractivity contribution >= 4 is 34.3 Å². The van der Waals surface area contributed by atoms with Crippen molar-refractivity contribution in [2.24, 2.45) is 0 Å². The molecule has 120 valence electrons. The van der Waals surface area contributed by atoms with Crippen molar-refractivity contribution in [1.82, 2.24) is 0 Å². The van der Waals surface area contributed by atoms with Crippen LogP contribution in [-0.4, -0.2) is 11.7 Å². The molecule has 3 aromatic rings. The maximum Gasteiger partial charge on any atom is 0.338 e. The predicted octanol–water partition coefficient (Wildman–Crippen LogP) is 3.96. The van der Waals surface area contributed by atoms with E-state index in [1.165, 1.54) is 6.07 Å². The fraction of sp³-hybridized carbons (Fsp3) is 0.158. The third-order valence-electron chi connectivity index (χ3n) is 4.07. The zero-order valence-corrected chi connectivity index (χ0v) is 13.7. The average molecular weight is 337 g/mol. The van der Waals surface area contributed by atoms with E-state index in [4.69, 9.17) is 4.42 Å². The molecule has 1 unspecified atom stereocenters. The largest absolute Gasteiger partial charge is 0.423 e. The summed E-state index contributed by atoms with van der Waals surface area (Å²) in [5, 5.41) is 0.631. The number of thioether (sulfide) groups is 1. The van der Waals surface area contributed by atoms with Crippen LogP contribution in [0.1, 0.15) is 17.4 Å². The number of hydrogen-bond acceptors (Lipinski definition) is 4. The summed E-state index contributed by atoms with van der Waals surface area (Å²) < 4.78 is 5.27. The number of carbonyl (C=O) groups excluding carboxylic acids is 1. The third-order valence-corrected chi connectivity index (χ3v) is 5.31. The Hall–Kier alpha value is -2.53. The number of para-hydroxylation sites is 1. The summed E-state index contributed by atoms with van der Waals surface area (Å²) in [6.07, 6.45) is 0.461. The summed E-state index contributed by atoms with van der Waals surface area (Å²) in [5.74, 6) is 0.798. The first-order valence-electron chi connectivity index (χ1n) is 7.75. The SMILES string of the molecule is O=C1CCSC(c2ccccc2)N1c1cc(=O)oc2ccccc12. The minimum atomic E-state index is -0.445. The molecule has 1 saturated heterocycles. The Bertz CT molecular complexity index is 951. The molecule has 2 aromatic carbocycles. The van der Waals surface area contributed by atoms with Crippen LogP contribution in [0.2, 0.25) is 0 Å². The number of carbonyl (C=O) groups is 1. The molecule has 0 aliphatic carbocycles. The quantitative estimate of drug-likeness (QED) is 0.664. The second-order valence-electron chi connectivity index (χ2n) is 5.59.